The Labute approximate surface area is 158 Å². The van der Waals surface area contributed by atoms with Crippen molar-refractivity contribution in [1.82, 2.24) is 14.2 Å². The Kier molecular flexibility index (Phi) is 5.74. The van der Waals surface area contributed by atoms with Crippen molar-refractivity contribution in [3.63, 3.8) is 0 Å². The van der Waals surface area contributed by atoms with E-state index in [2.05, 4.69) is 4.98 Å². The van der Waals surface area contributed by atoms with Gasteiger partial charge in [-0.15, -0.1) is 11.3 Å². The predicted octanol–water partition coefficient (Wildman–Crippen LogP) is 1.98. The molecule has 1 aromatic heterocycles. The SMILES string of the molecule is Cc1nc(C)c(CC(=O)N2CCN(S(=O)(=O)Cc3ccccc3)CC2)s1. The molecular formula is C18H23N3O3S2. The lowest BCUT2D eigenvalue weighted by Crippen LogP contribution is -2.51. The van der Waals surface area contributed by atoms with Crippen LogP contribution in [0.3, 0.4) is 0 Å². The zero-order chi connectivity index (χ0) is 18.7. The molecule has 140 valence electrons. The number of aryl methyl sites for hydroxylation is 2. The van der Waals surface area contributed by atoms with Gasteiger partial charge in [0.05, 0.1) is 22.9 Å². The summed E-state index contributed by atoms with van der Waals surface area (Å²) in [6.07, 6.45) is 0.341. The van der Waals surface area contributed by atoms with Crippen LogP contribution < -0.4 is 0 Å². The second-order valence-corrected chi connectivity index (χ2v) is 9.70. The third-order valence-corrected chi connectivity index (χ3v) is 7.41. The number of hydrogen-bond donors (Lipinski definition) is 0. The lowest BCUT2D eigenvalue weighted by Gasteiger charge is -2.34. The molecule has 0 unspecified atom stereocenters. The van der Waals surface area contributed by atoms with Gasteiger partial charge in [0.2, 0.25) is 15.9 Å². The van der Waals surface area contributed by atoms with Crippen LogP contribution >= 0.6 is 11.3 Å². The molecule has 6 nitrogen and oxygen atoms in total. The normalized spacial score (nSPS) is 16.0. The number of sulfonamides is 1. The maximum Gasteiger partial charge on any atom is 0.227 e. The van der Waals surface area contributed by atoms with Crippen LogP contribution in [0.4, 0.5) is 0 Å². The molecule has 2 aromatic rings. The van der Waals surface area contributed by atoms with Crippen molar-refractivity contribution in [2.75, 3.05) is 26.2 Å². The van der Waals surface area contributed by atoms with Crippen LogP contribution in [0.2, 0.25) is 0 Å². The molecule has 1 fully saturated rings. The highest BCUT2D eigenvalue weighted by Gasteiger charge is 2.29. The van der Waals surface area contributed by atoms with Gasteiger partial charge in [-0.25, -0.2) is 13.4 Å². The Bertz CT molecular complexity index is 870. The van der Waals surface area contributed by atoms with E-state index in [0.717, 1.165) is 21.1 Å². The first-order valence-corrected chi connectivity index (χ1v) is 11.0. The maximum absolute atomic E-state index is 12.6. The van der Waals surface area contributed by atoms with Crippen molar-refractivity contribution in [3.05, 3.63) is 51.5 Å². The third kappa shape index (κ3) is 4.49. The fraction of sp³-hybridized carbons (Fsp3) is 0.444. The number of aromatic nitrogens is 1. The average Bonchev–Trinajstić information content (AvgIpc) is 2.92. The van der Waals surface area contributed by atoms with Crippen molar-refractivity contribution >= 4 is 27.3 Å². The highest BCUT2D eigenvalue weighted by Crippen LogP contribution is 2.19. The minimum atomic E-state index is -3.36. The highest BCUT2D eigenvalue weighted by atomic mass is 32.2. The van der Waals surface area contributed by atoms with Gasteiger partial charge in [-0.2, -0.15) is 4.31 Å². The molecule has 0 radical (unpaired) electrons. The van der Waals surface area contributed by atoms with Crippen molar-refractivity contribution in [3.8, 4) is 0 Å². The molecule has 0 bridgehead atoms. The predicted molar refractivity (Wildman–Crippen MR) is 103 cm³/mol. The summed E-state index contributed by atoms with van der Waals surface area (Å²) in [5.41, 5.74) is 1.69. The van der Waals surface area contributed by atoms with Crippen LogP contribution in [0.1, 0.15) is 21.1 Å². The molecule has 1 aromatic carbocycles. The molecule has 0 spiro atoms. The van der Waals surface area contributed by atoms with E-state index in [-0.39, 0.29) is 11.7 Å². The Morgan fingerprint density at radius 2 is 1.77 bits per heavy atom. The standard InChI is InChI=1S/C18H23N3O3S2/c1-14-17(25-15(2)19-14)12-18(22)20-8-10-21(11-9-20)26(23,24)13-16-6-4-3-5-7-16/h3-7H,8-13H2,1-2H3. The van der Waals surface area contributed by atoms with E-state index in [9.17, 15) is 13.2 Å². The summed E-state index contributed by atoms with van der Waals surface area (Å²) in [5, 5.41) is 0.960. The summed E-state index contributed by atoms with van der Waals surface area (Å²) < 4.78 is 26.7. The van der Waals surface area contributed by atoms with Crippen molar-refractivity contribution in [2.24, 2.45) is 0 Å². The summed E-state index contributed by atoms with van der Waals surface area (Å²) in [7, 11) is -3.36. The largest absolute Gasteiger partial charge is 0.340 e. The number of rotatable bonds is 5. The second kappa shape index (κ2) is 7.85. The van der Waals surface area contributed by atoms with Crippen LogP contribution in [0.5, 0.6) is 0 Å². The first kappa shape index (κ1) is 19.0. The van der Waals surface area contributed by atoms with Gasteiger partial charge in [0.25, 0.3) is 0 Å². The quantitative estimate of drug-likeness (QED) is 0.779. The molecule has 1 aliphatic heterocycles. The fourth-order valence-electron chi connectivity index (χ4n) is 3.08. The number of carbonyl (C=O) groups is 1. The van der Waals surface area contributed by atoms with Crippen molar-refractivity contribution in [2.45, 2.75) is 26.0 Å². The zero-order valence-electron chi connectivity index (χ0n) is 15.0. The highest BCUT2D eigenvalue weighted by molar-refractivity contribution is 7.88. The second-order valence-electron chi connectivity index (χ2n) is 6.44. The third-order valence-electron chi connectivity index (χ3n) is 4.49. The van der Waals surface area contributed by atoms with E-state index >= 15 is 0 Å². The molecule has 8 heteroatoms. The molecule has 0 N–H and O–H groups in total. The number of benzene rings is 1. The minimum absolute atomic E-state index is 0.00111. The van der Waals surface area contributed by atoms with E-state index in [0.29, 0.717) is 32.6 Å². The van der Waals surface area contributed by atoms with Crippen LogP contribution in [-0.4, -0.2) is 54.7 Å². The molecule has 0 saturated carbocycles. The van der Waals surface area contributed by atoms with Gasteiger partial charge in [0.1, 0.15) is 0 Å². The first-order valence-electron chi connectivity index (χ1n) is 8.57. The summed E-state index contributed by atoms with van der Waals surface area (Å²) in [6, 6.07) is 9.18. The molecular weight excluding hydrogens is 370 g/mol. The van der Waals surface area contributed by atoms with E-state index < -0.39 is 10.0 Å². The topological polar surface area (TPSA) is 70.6 Å². The molecule has 3 rings (SSSR count). The van der Waals surface area contributed by atoms with E-state index in [1.165, 1.54) is 4.31 Å². The summed E-state index contributed by atoms with van der Waals surface area (Å²) >= 11 is 1.55. The van der Waals surface area contributed by atoms with Crippen molar-refractivity contribution in [1.29, 1.82) is 0 Å². The minimum Gasteiger partial charge on any atom is -0.340 e. The Morgan fingerprint density at radius 1 is 1.12 bits per heavy atom. The van der Waals surface area contributed by atoms with Crippen molar-refractivity contribution < 1.29 is 13.2 Å². The summed E-state index contributed by atoms with van der Waals surface area (Å²) in [6.45, 7) is 5.42. The number of piperazine rings is 1. The van der Waals surface area contributed by atoms with Crippen LogP contribution in [0.25, 0.3) is 0 Å². The van der Waals surface area contributed by atoms with Crippen LogP contribution in [0.15, 0.2) is 30.3 Å². The van der Waals surface area contributed by atoms with Gasteiger partial charge in [-0.05, 0) is 19.4 Å². The number of amides is 1. The maximum atomic E-state index is 12.6. The monoisotopic (exact) mass is 393 g/mol. The molecule has 1 amide bonds. The fourth-order valence-corrected chi connectivity index (χ4v) is 5.52. The Balaban J connectivity index is 1.56. The smallest absolute Gasteiger partial charge is 0.227 e. The lowest BCUT2D eigenvalue weighted by molar-refractivity contribution is -0.131. The summed E-state index contributed by atoms with van der Waals surface area (Å²) in [5.74, 6) is 0.0399. The van der Waals surface area contributed by atoms with Gasteiger partial charge in [0, 0.05) is 31.1 Å². The van der Waals surface area contributed by atoms with Gasteiger partial charge in [-0.1, -0.05) is 30.3 Å². The van der Waals surface area contributed by atoms with Gasteiger partial charge in [-0.3, -0.25) is 4.79 Å². The molecule has 1 saturated heterocycles. The van der Waals surface area contributed by atoms with Crippen LogP contribution in [0, 0.1) is 13.8 Å². The summed E-state index contributed by atoms with van der Waals surface area (Å²) in [4.78, 5) is 19.6. The lowest BCUT2D eigenvalue weighted by atomic mass is 10.2. The Hall–Kier alpha value is -1.77. The average molecular weight is 394 g/mol. The van der Waals surface area contributed by atoms with Crippen LogP contribution in [-0.2, 0) is 27.0 Å². The van der Waals surface area contributed by atoms with Gasteiger partial charge < -0.3 is 4.90 Å². The molecule has 1 aliphatic rings. The zero-order valence-corrected chi connectivity index (χ0v) is 16.6. The number of hydrogen-bond acceptors (Lipinski definition) is 5. The number of thiazole rings is 1. The Morgan fingerprint density at radius 3 is 2.35 bits per heavy atom. The first-order chi connectivity index (χ1) is 12.3. The molecule has 0 atom stereocenters. The van der Waals surface area contributed by atoms with E-state index in [4.69, 9.17) is 0 Å². The number of nitrogens with zero attached hydrogens (tertiary/aromatic N) is 3. The van der Waals surface area contributed by atoms with Gasteiger partial charge >= 0.3 is 0 Å². The molecule has 2 heterocycles. The molecule has 0 aliphatic carbocycles. The van der Waals surface area contributed by atoms with Gasteiger partial charge in [0.15, 0.2) is 0 Å². The van der Waals surface area contributed by atoms with E-state index in [1.54, 1.807) is 16.2 Å². The van der Waals surface area contributed by atoms with E-state index in [1.807, 2.05) is 44.2 Å². The molecule has 26 heavy (non-hydrogen) atoms. The number of carbonyl (C=O) groups excluding carboxylic acids is 1.